The molecule has 0 aromatic heterocycles. The lowest BCUT2D eigenvalue weighted by atomic mass is 9.86. The van der Waals surface area contributed by atoms with Gasteiger partial charge in [-0.2, -0.15) is 0 Å². The molecule has 0 spiro atoms. The molecule has 2 aliphatic carbocycles. The standard InChI is InChI=1S/C11H19N3O/c12-11(8-1-2-8)6-14(7-11)5-10(15)13-9-3-4-9/h8-9H,1-7,12H2,(H,13,15). The Bertz CT molecular complexity index is 278. The number of hydrogen-bond donors (Lipinski definition) is 2. The fraction of sp³-hybridized carbons (Fsp3) is 0.909. The van der Waals surface area contributed by atoms with Gasteiger partial charge in [0.05, 0.1) is 6.54 Å². The van der Waals surface area contributed by atoms with Crippen molar-refractivity contribution in [3.8, 4) is 0 Å². The van der Waals surface area contributed by atoms with Gasteiger partial charge >= 0.3 is 0 Å². The fourth-order valence-corrected chi connectivity index (χ4v) is 2.52. The Balaban J connectivity index is 1.40. The highest BCUT2D eigenvalue weighted by Gasteiger charge is 2.50. The van der Waals surface area contributed by atoms with E-state index in [2.05, 4.69) is 10.2 Å². The lowest BCUT2D eigenvalue weighted by Crippen LogP contribution is -2.69. The number of nitrogens with one attached hydrogen (secondary N) is 1. The number of rotatable bonds is 4. The second kappa shape index (κ2) is 3.19. The summed E-state index contributed by atoms with van der Waals surface area (Å²) in [5, 5.41) is 3.00. The zero-order chi connectivity index (χ0) is 10.5. The van der Waals surface area contributed by atoms with Gasteiger partial charge in [-0.05, 0) is 31.6 Å². The van der Waals surface area contributed by atoms with Gasteiger partial charge in [0.15, 0.2) is 0 Å². The Hall–Kier alpha value is -0.610. The molecule has 0 radical (unpaired) electrons. The SMILES string of the molecule is NC1(C2CC2)CN(CC(=O)NC2CC2)C1. The maximum atomic E-state index is 11.5. The van der Waals surface area contributed by atoms with Crippen LogP contribution in [0.1, 0.15) is 25.7 Å². The van der Waals surface area contributed by atoms with E-state index in [9.17, 15) is 4.79 Å². The van der Waals surface area contributed by atoms with Crippen LogP contribution in [0.2, 0.25) is 0 Å². The normalized spacial score (nSPS) is 29.7. The fourth-order valence-electron chi connectivity index (χ4n) is 2.52. The van der Waals surface area contributed by atoms with Crippen LogP contribution in [0.25, 0.3) is 0 Å². The van der Waals surface area contributed by atoms with Gasteiger partial charge in [0.25, 0.3) is 0 Å². The molecular formula is C11H19N3O. The number of carbonyl (C=O) groups is 1. The van der Waals surface area contributed by atoms with Crippen LogP contribution in [0.4, 0.5) is 0 Å². The average Bonchev–Trinajstić information content (AvgIpc) is 2.96. The quantitative estimate of drug-likeness (QED) is 0.667. The molecule has 15 heavy (non-hydrogen) atoms. The lowest BCUT2D eigenvalue weighted by molar-refractivity contribution is -0.124. The van der Waals surface area contributed by atoms with Crippen molar-refractivity contribution in [3.63, 3.8) is 0 Å². The lowest BCUT2D eigenvalue weighted by Gasteiger charge is -2.48. The number of amides is 1. The molecular weight excluding hydrogens is 190 g/mol. The molecule has 4 heteroatoms. The summed E-state index contributed by atoms with van der Waals surface area (Å²) in [4.78, 5) is 13.7. The van der Waals surface area contributed by atoms with Crippen molar-refractivity contribution in [2.45, 2.75) is 37.3 Å². The third-order valence-electron chi connectivity index (χ3n) is 3.74. The Morgan fingerprint density at radius 1 is 1.33 bits per heavy atom. The van der Waals surface area contributed by atoms with Gasteiger partial charge in [0, 0.05) is 24.7 Å². The van der Waals surface area contributed by atoms with Crippen LogP contribution in [0.3, 0.4) is 0 Å². The highest BCUT2D eigenvalue weighted by Crippen LogP contribution is 2.42. The number of carbonyl (C=O) groups excluding carboxylic acids is 1. The molecule has 0 bridgehead atoms. The number of nitrogens with two attached hydrogens (primary N) is 1. The van der Waals surface area contributed by atoms with Crippen LogP contribution < -0.4 is 11.1 Å². The van der Waals surface area contributed by atoms with Crippen LogP contribution in [0, 0.1) is 5.92 Å². The maximum Gasteiger partial charge on any atom is 0.234 e. The molecule has 84 valence electrons. The molecule has 0 aromatic carbocycles. The van der Waals surface area contributed by atoms with Gasteiger partial charge in [-0.25, -0.2) is 0 Å². The summed E-state index contributed by atoms with van der Waals surface area (Å²) in [5.41, 5.74) is 6.26. The van der Waals surface area contributed by atoms with Crippen molar-refractivity contribution in [2.24, 2.45) is 11.7 Å². The minimum Gasteiger partial charge on any atom is -0.352 e. The van der Waals surface area contributed by atoms with Crippen LogP contribution in [0.5, 0.6) is 0 Å². The van der Waals surface area contributed by atoms with Crippen molar-refractivity contribution in [1.82, 2.24) is 10.2 Å². The van der Waals surface area contributed by atoms with Crippen LogP contribution in [0.15, 0.2) is 0 Å². The summed E-state index contributed by atoms with van der Waals surface area (Å²) in [6, 6.07) is 0.477. The highest BCUT2D eigenvalue weighted by atomic mass is 16.2. The number of nitrogens with zero attached hydrogens (tertiary/aromatic N) is 1. The third kappa shape index (κ3) is 2.01. The third-order valence-corrected chi connectivity index (χ3v) is 3.74. The molecule has 0 aromatic rings. The predicted molar refractivity (Wildman–Crippen MR) is 57.2 cm³/mol. The second-order valence-electron chi connectivity index (χ2n) is 5.49. The monoisotopic (exact) mass is 209 g/mol. The van der Waals surface area contributed by atoms with Crippen molar-refractivity contribution in [2.75, 3.05) is 19.6 Å². The van der Waals surface area contributed by atoms with E-state index >= 15 is 0 Å². The molecule has 1 heterocycles. The first-order chi connectivity index (χ1) is 7.16. The topological polar surface area (TPSA) is 58.4 Å². The van der Waals surface area contributed by atoms with E-state index in [-0.39, 0.29) is 11.4 Å². The van der Waals surface area contributed by atoms with E-state index in [0.717, 1.165) is 31.8 Å². The zero-order valence-electron chi connectivity index (χ0n) is 9.04. The molecule has 3 N–H and O–H groups in total. The van der Waals surface area contributed by atoms with Crippen molar-refractivity contribution >= 4 is 5.91 Å². The number of likely N-dealkylation sites (tertiary alicyclic amines) is 1. The van der Waals surface area contributed by atoms with Gasteiger partial charge in [0.2, 0.25) is 5.91 Å². The zero-order valence-corrected chi connectivity index (χ0v) is 9.04. The van der Waals surface area contributed by atoms with E-state index < -0.39 is 0 Å². The van der Waals surface area contributed by atoms with E-state index in [4.69, 9.17) is 5.73 Å². The van der Waals surface area contributed by atoms with Crippen molar-refractivity contribution < 1.29 is 4.79 Å². The molecule has 0 unspecified atom stereocenters. The first-order valence-electron chi connectivity index (χ1n) is 5.96. The molecule has 1 saturated heterocycles. The first kappa shape index (κ1) is 9.60. The maximum absolute atomic E-state index is 11.5. The minimum absolute atomic E-state index is 0.0415. The van der Waals surface area contributed by atoms with Gasteiger partial charge in [-0.15, -0.1) is 0 Å². The Morgan fingerprint density at radius 3 is 2.53 bits per heavy atom. The Morgan fingerprint density at radius 2 is 2.00 bits per heavy atom. The van der Waals surface area contributed by atoms with Gasteiger partial charge in [-0.1, -0.05) is 0 Å². The largest absolute Gasteiger partial charge is 0.352 e. The molecule has 1 aliphatic heterocycles. The van der Waals surface area contributed by atoms with Crippen LogP contribution in [-0.4, -0.2) is 42.0 Å². The Labute approximate surface area is 90.2 Å². The Kier molecular flexibility index (Phi) is 2.04. The molecule has 3 aliphatic rings. The summed E-state index contributed by atoms with van der Waals surface area (Å²) >= 11 is 0. The molecule has 3 rings (SSSR count). The highest BCUT2D eigenvalue weighted by molar-refractivity contribution is 5.78. The van der Waals surface area contributed by atoms with E-state index in [1.807, 2.05) is 0 Å². The van der Waals surface area contributed by atoms with Gasteiger partial charge in [0.1, 0.15) is 0 Å². The number of hydrogen-bond acceptors (Lipinski definition) is 3. The minimum atomic E-state index is 0.0415. The second-order valence-corrected chi connectivity index (χ2v) is 5.49. The molecule has 0 atom stereocenters. The first-order valence-corrected chi connectivity index (χ1v) is 5.96. The van der Waals surface area contributed by atoms with Crippen LogP contribution in [-0.2, 0) is 4.79 Å². The van der Waals surface area contributed by atoms with Crippen molar-refractivity contribution in [1.29, 1.82) is 0 Å². The molecule has 2 saturated carbocycles. The van der Waals surface area contributed by atoms with E-state index in [1.54, 1.807) is 0 Å². The molecule has 4 nitrogen and oxygen atoms in total. The summed E-state index contributed by atoms with van der Waals surface area (Å²) in [6.07, 6.45) is 4.90. The summed E-state index contributed by atoms with van der Waals surface area (Å²) in [7, 11) is 0. The smallest absolute Gasteiger partial charge is 0.234 e. The average molecular weight is 209 g/mol. The van der Waals surface area contributed by atoms with Gasteiger partial charge in [-0.3, -0.25) is 9.69 Å². The van der Waals surface area contributed by atoms with E-state index in [0.29, 0.717) is 12.6 Å². The summed E-state index contributed by atoms with van der Waals surface area (Å²) < 4.78 is 0. The molecule has 3 fully saturated rings. The molecule has 1 amide bonds. The van der Waals surface area contributed by atoms with Crippen molar-refractivity contribution in [3.05, 3.63) is 0 Å². The van der Waals surface area contributed by atoms with E-state index in [1.165, 1.54) is 12.8 Å². The predicted octanol–water partition coefficient (Wildman–Crippen LogP) is -0.312. The summed E-state index contributed by atoms with van der Waals surface area (Å²) in [6.45, 7) is 2.37. The summed E-state index contributed by atoms with van der Waals surface area (Å²) in [5.74, 6) is 0.913. The van der Waals surface area contributed by atoms with Gasteiger partial charge < -0.3 is 11.1 Å². The van der Waals surface area contributed by atoms with Crippen LogP contribution >= 0.6 is 0 Å².